The molecule has 0 bridgehead atoms. The highest BCUT2D eigenvalue weighted by Gasteiger charge is 2.66. The van der Waals surface area contributed by atoms with Crippen molar-refractivity contribution in [3.63, 3.8) is 0 Å². The number of aliphatic carboxylic acids is 1. The Labute approximate surface area is 101 Å². The van der Waals surface area contributed by atoms with Crippen molar-refractivity contribution in [1.29, 1.82) is 0 Å². The van der Waals surface area contributed by atoms with Gasteiger partial charge in [-0.15, -0.1) is 0 Å². The maximum Gasteiger partial charge on any atom is 0.337 e. The topological polar surface area (TPSA) is 57.5 Å². The highest BCUT2D eigenvalue weighted by molar-refractivity contribution is 5.85. The molecule has 1 aliphatic carbocycles. The first-order chi connectivity index (χ1) is 7.67. The Kier molecular flexibility index (Phi) is 2.21. The molecule has 0 spiro atoms. The van der Waals surface area contributed by atoms with E-state index < -0.39 is 22.4 Å². The molecule has 0 heterocycles. The quantitative estimate of drug-likeness (QED) is 0.782. The molecule has 0 saturated heterocycles. The molecule has 0 aromatic heterocycles. The highest BCUT2D eigenvalue weighted by Crippen LogP contribution is 2.56. The summed E-state index contributed by atoms with van der Waals surface area (Å²) in [6.07, 6.45) is 0. The largest absolute Gasteiger partial charge is 0.479 e. The van der Waals surface area contributed by atoms with Crippen LogP contribution < -0.4 is 0 Å². The second kappa shape index (κ2) is 3.10. The maximum absolute atomic E-state index is 11.6. The average Bonchev–Trinajstić information content (AvgIpc) is 2.37. The van der Waals surface area contributed by atoms with Crippen LogP contribution in [0.3, 0.4) is 0 Å². The molecule has 3 heteroatoms. The zero-order valence-corrected chi connectivity index (χ0v) is 10.6. The summed E-state index contributed by atoms with van der Waals surface area (Å²) < 4.78 is 0. The van der Waals surface area contributed by atoms with Crippen molar-refractivity contribution in [3.8, 4) is 0 Å². The van der Waals surface area contributed by atoms with E-state index in [1.54, 1.807) is 27.7 Å². The summed E-state index contributed by atoms with van der Waals surface area (Å²) in [5, 5.41) is 20.2. The number of fused-ring (bicyclic) bond motifs is 1. The summed E-state index contributed by atoms with van der Waals surface area (Å²) in [7, 11) is 0. The number of rotatable bonds is 1. The number of carboxylic acid groups (broad SMARTS) is 1. The van der Waals surface area contributed by atoms with Crippen LogP contribution >= 0.6 is 0 Å². The van der Waals surface area contributed by atoms with Gasteiger partial charge in [0.25, 0.3) is 0 Å². The Bertz CT molecular complexity index is 451. The lowest BCUT2D eigenvalue weighted by Gasteiger charge is -2.41. The molecule has 1 aromatic carbocycles. The molecule has 0 aliphatic heterocycles. The molecule has 3 nitrogen and oxygen atoms in total. The minimum absolute atomic E-state index is 0.807. The molecule has 17 heavy (non-hydrogen) atoms. The van der Waals surface area contributed by atoms with E-state index in [1.807, 2.05) is 24.3 Å². The van der Waals surface area contributed by atoms with Gasteiger partial charge in [-0.1, -0.05) is 52.0 Å². The lowest BCUT2D eigenvalue weighted by Crippen LogP contribution is -2.60. The molecule has 2 rings (SSSR count). The van der Waals surface area contributed by atoms with Gasteiger partial charge in [0.2, 0.25) is 0 Å². The van der Waals surface area contributed by atoms with Crippen LogP contribution in [0.4, 0.5) is 0 Å². The molecule has 0 saturated carbocycles. The third-order valence-electron chi connectivity index (χ3n) is 4.39. The average molecular weight is 234 g/mol. The summed E-state index contributed by atoms with van der Waals surface area (Å²) in [5.74, 6) is -1.16. The Balaban J connectivity index is 2.82. The van der Waals surface area contributed by atoms with Crippen LogP contribution in [0.2, 0.25) is 0 Å². The van der Waals surface area contributed by atoms with Gasteiger partial charge in [-0.3, -0.25) is 0 Å². The number of carboxylic acids is 1. The molecular weight excluding hydrogens is 216 g/mol. The van der Waals surface area contributed by atoms with Crippen molar-refractivity contribution in [2.45, 2.75) is 44.1 Å². The lowest BCUT2D eigenvalue weighted by atomic mass is 9.66. The summed E-state index contributed by atoms with van der Waals surface area (Å²) in [6, 6.07) is 7.56. The zero-order valence-electron chi connectivity index (χ0n) is 10.6. The molecule has 0 amide bonds. The predicted octanol–water partition coefficient (Wildman–Crippen LogP) is 2.07. The summed E-state index contributed by atoms with van der Waals surface area (Å²) >= 11 is 0. The molecular formula is C14H18O3. The van der Waals surface area contributed by atoms with E-state index in [0.29, 0.717) is 0 Å². The van der Waals surface area contributed by atoms with Gasteiger partial charge in [0.15, 0.2) is 5.60 Å². The Morgan fingerprint density at radius 2 is 1.35 bits per heavy atom. The molecule has 92 valence electrons. The third kappa shape index (κ3) is 1.12. The van der Waals surface area contributed by atoms with Crippen LogP contribution in [0, 0.1) is 0 Å². The minimum Gasteiger partial charge on any atom is -0.479 e. The SMILES string of the molecule is CC1(C)c2ccccc2C(C)(C)C1(O)C(=O)O. The van der Waals surface area contributed by atoms with E-state index in [4.69, 9.17) is 0 Å². The van der Waals surface area contributed by atoms with Gasteiger partial charge in [-0.05, 0) is 11.1 Å². The van der Waals surface area contributed by atoms with Crippen molar-refractivity contribution in [3.05, 3.63) is 35.4 Å². The summed E-state index contributed by atoms with van der Waals surface area (Å²) in [5.41, 5.74) is -1.58. The number of carbonyl (C=O) groups is 1. The lowest BCUT2D eigenvalue weighted by molar-refractivity contribution is -0.173. The van der Waals surface area contributed by atoms with Crippen LogP contribution in [-0.4, -0.2) is 21.8 Å². The Morgan fingerprint density at radius 3 is 1.65 bits per heavy atom. The zero-order chi connectivity index (χ0) is 13.1. The molecule has 0 atom stereocenters. The Hall–Kier alpha value is -1.35. The number of aliphatic hydroxyl groups is 1. The van der Waals surface area contributed by atoms with Gasteiger partial charge in [0, 0.05) is 10.8 Å². The van der Waals surface area contributed by atoms with E-state index >= 15 is 0 Å². The van der Waals surface area contributed by atoms with E-state index in [9.17, 15) is 15.0 Å². The van der Waals surface area contributed by atoms with Crippen molar-refractivity contribution in [2.75, 3.05) is 0 Å². The standard InChI is InChI=1S/C14H18O3/c1-12(2)9-7-5-6-8-10(9)13(3,4)14(12,17)11(15)16/h5-8,17H,1-4H3,(H,15,16). The monoisotopic (exact) mass is 234 g/mol. The van der Waals surface area contributed by atoms with E-state index in [-0.39, 0.29) is 0 Å². The van der Waals surface area contributed by atoms with Crippen LogP contribution in [-0.2, 0) is 15.6 Å². The fourth-order valence-electron chi connectivity index (χ4n) is 3.28. The normalized spacial score (nSPS) is 23.1. The third-order valence-corrected chi connectivity index (χ3v) is 4.39. The predicted molar refractivity (Wildman–Crippen MR) is 65.1 cm³/mol. The second-order valence-corrected chi connectivity index (χ2v) is 5.81. The van der Waals surface area contributed by atoms with Gasteiger partial charge in [-0.25, -0.2) is 4.79 Å². The van der Waals surface area contributed by atoms with Crippen molar-refractivity contribution >= 4 is 5.97 Å². The molecule has 0 unspecified atom stereocenters. The van der Waals surface area contributed by atoms with Crippen molar-refractivity contribution in [2.24, 2.45) is 0 Å². The highest BCUT2D eigenvalue weighted by atomic mass is 16.4. The van der Waals surface area contributed by atoms with Gasteiger partial charge < -0.3 is 10.2 Å². The van der Waals surface area contributed by atoms with E-state index in [1.165, 1.54) is 0 Å². The fraction of sp³-hybridized carbons (Fsp3) is 0.500. The van der Waals surface area contributed by atoms with Crippen LogP contribution in [0.1, 0.15) is 38.8 Å². The fourth-order valence-corrected chi connectivity index (χ4v) is 3.28. The number of hydrogen-bond acceptors (Lipinski definition) is 2. The number of benzene rings is 1. The van der Waals surface area contributed by atoms with Crippen molar-refractivity contribution in [1.82, 2.24) is 0 Å². The molecule has 2 N–H and O–H groups in total. The first-order valence-electron chi connectivity index (χ1n) is 5.73. The minimum atomic E-state index is -1.79. The van der Waals surface area contributed by atoms with Gasteiger partial charge in [0.1, 0.15) is 0 Å². The number of hydrogen-bond donors (Lipinski definition) is 2. The van der Waals surface area contributed by atoms with Gasteiger partial charge in [-0.2, -0.15) is 0 Å². The van der Waals surface area contributed by atoms with Crippen LogP contribution in [0.25, 0.3) is 0 Å². The first kappa shape index (κ1) is 12.1. The molecule has 0 fully saturated rings. The molecule has 1 aliphatic rings. The maximum atomic E-state index is 11.6. The van der Waals surface area contributed by atoms with E-state index in [0.717, 1.165) is 11.1 Å². The first-order valence-corrected chi connectivity index (χ1v) is 5.73. The van der Waals surface area contributed by atoms with Gasteiger partial charge >= 0.3 is 5.97 Å². The summed E-state index contributed by atoms with van der Waals surface area (Å²) in [6.45, 7) is 7.15. The molecule has 1 aromatic rings. The van der Waals surface area contributed by atoms with Gasteiger partial charge in [0.05, 0.1) is 0 Å². The molecule has 0 radical (unpaired) electrons. The Morgan fingerprint density at radius 1 is 1.00 bits per heavy atom. The van der Waals surface area contributed by atoms with Crippen molar-refractivity contribution < 1.29 is 15.0 Å². The van der Waals surface area contributed by atoms with Crippen LogP contribution in [0.15, 0.2) is 24.3 Å². The van der Waals surface area contributed by atoms with Crippen LogP contribution in [0.5, 0.6) is 0 Å². The smallest absolute Gasteiger partial charge is 0.337 e. The van der Waals surface area contributed by atoms with E-state index in [2.05, 4.69) is 0 Å². The second-order valence-electron chi connectivity index (χ2n) is 5.81. The summed E-state index contributed by atoms with van der Waals surface area (Å²) in [4.78, 5) is 11.6.